The molecule has 1 unspecified atom stereocenters. The molecular formula is C19H15Cl2F3N4. The van der Waals surface area contributed by atoms with Gasteiger partial charge in [0.25, 0.3) is 0 Å². The molecule has 2 aromatic carbocycles. The van der Waals surface area contributed by atoms with Crippen LogP contribution in [0.2, 0.25) is 10.0 Å². The molecule has 9 heteroatoms. The van der Waals surface area contributed by atoms with Crippen molar-refractivity contribution in [3.63, 3.8) is 0 Å². The summed E-state index contributed by atoms with van der Waals surface area (Å²) < 4.78 is 38.5. The number of nitrogens with zero attached hydrogens (tertiary/aromatic N) is 2. The topological polar surface area (TPSA) is 63.8 Å². The second-order valence-corrected chi connectivity index (χ2v) is 6.86. The Bertz CT molecular complexity index is 962. The maximum atomic E-state index is 12.8. The monoisotopic (exact) mass is 426 g/mol. The van der Waals surface area contributed by atoms with Crippen LogP contribution in [0.5, 0.6) is 0 Å². The van der Waals surface area contributed by atoms with Crippen molar-refractivity contribution in [1.29, 1.82) is 0 Å². The molecule has 0 amide bonds. The van der Waals surface area contributed by atoms with Crippen LogP contribution >= 0.6 is 23.2 Å². The number of halogens is 5. The van der Waals surface area contributed by atoms with Gasteiger partial charge in [0.05, 0.1) is 16.3 Å². The summed E-state index contributed by atoms with van der Waals surface area (Å²) in [6.07, 6.45) is -3.19. The summed E-state index contributed by atoms with van der Waals surface area (Å²) >= 11 is 11.6. The lowest BCUT2D eigenvalue weighted by atomic mass is 10.1. The van der Waals surface area contributed by atoms with Crippen LogP contribution in [-0.2, 0) is 6.18 Å². The van der Waals surface area contributed by atoms with Crippen molar-refractivity contribution in [2.75, 3.05) is 11.9 Å². The van der Waals surface area contributed by atoms with Gasteiger partial charge in [0, 0.05) is 29.2 Å². The van der Waals surface area contributed by atoms with E-state index in [9.17, 15) is 13.2 Å². The van der Waals surface area contributed by atoms with Crippen molar-refractivity contribution in [2.45, 2.75) is 12.2 Å². The highest BCUT2D eigenvalue weighted by Gasteiger charge is 2.33. The van der Waals surface area contributed by atoms with Crippen LogP contribution in [0.3, 0.4) is 0 Å². The van der Waals surface area contributed by atoms with Crippen molar-refractivity contribution in [1.82, 2.24) is 9.97 Å². The molecule has 0 fully saturated rings. The Morgan fingerprint density at radius 3 is 2.36 bits per heavy atom. The van der Waals surface area contributed by atoms with Crippen molar-refractivity contribution in [3.05, 3.63) is 76.0 Å². The van der Waals surface area contributed by atoms with E-state index in [1.165, 1.54) is 18.5 Å². The average Bonchev–Trinajstić information content (AvgIpc) is 2.66. The SMILES string of the molecule is NC(CNc1cc(-c2ccc(C(F)(F)F)c(Cl)c2)ncn1)c1ccc(Cl)cc1. The Morgan fingerprint density at radius 1 is 1.00 bits per heavy atom. The summed E-state index contributed by atoms with van der Waals surface area (Å²) in [4.78, 5) is 8.21. The van der Waals surface area contributed by atoms with Crippen LogP contribution in [-0.4, -0.2) is 16.5 Å². The fraction of sp³-hybridized carbons (Fsp3) is 0.158. The van der Waals surface area contributed by atoms with Gasteiger partial charge in [-0.05, 0) is 29.8 Å². The highest BCUT2D eigenvalue weighted by atomic mass is 35.5. The highest BCUT2D eigenvalue weighted by Crippen LogP contribution is 2.36. The third-order valence-corrected chi connectivity index (χ3v) is 4.60. The molecule has 28 heavy (non-hydrogen) atoms. The first-order chi connectivity index (χ1) is 13.2. The maximum Gasteiger partial charge on any atom is 0.417 e. The summed E-state index contributed by atoms with van der Waals surface area (Å²) in [6.45, 7) is 0.395. The number of nitrogens with two attached hydrogens (primary N) is 1. The zero-order chi connectivity index (χ0) is 20.3. The fourth-order valence-electron chi connectivity index (χ4n) is 2.56. The van der Waals surface area contributed by atoms with Gasteiger partial charge < -0.3 is 11.1 Å². The minimum Gasteiger partial charge on any atom is -0.368 e. The number of aromatic nitrogens is 2. The van der Waals surface area contributed by atoms with Crippen molar-refractivity contribution in [2.24, 2.45) is 5.73 Å². The van der Waals surface area contributed by atoms with Gasteiger partial charge in [-0.25, -0.2) is 9.97 Å². The minimum atomic E-state index is -4.51. The minimum absolute atomic E-state index is 0.295. The first kappa shape index (κ1) is 20.4. The van der Waals surface area contributed by atoms with Gasteiger partial charge in [-0.2, -0.15) is 13.2 Å². The van der Waals surface area contributed by atoms with E-state index in [0.717, 1.165) is 11.6 Å². The van der Waals surface area contributed by atoms with Gasteiger partial charge in [0.15, 0.2) is 0 Å². The second kappa shape index (κ2) is 8.34. The Labute approximate surface area is 169 Å². The van der Waals surface area contributed by atoms with Gasteiger partial charge in [0.2, 0.25) is 0 Å². The molecule has 1 aromatic heterocycles. The number of alkyl halides is 3. The molecule has 3 aromatic rings. The quantitative estimate of drug-likeness (QED) is 0.558. The Balaban J connectivity index is 1.74. The van der Waals surface area contributed by atoms with Gasteiger partial charge >= 0.3 is 6.18 Å². The maximum absolute atomic E-state index is 12.8. The van der Waals surface area contributed by atoms with Crippen LogP contribution in [0.4, 0.5) is 19.0 Å². The Morgan fingerprint density at radius 2 is 1.71 bits per heavy atom. The van der Waals surface area contributed by atoms with Gasteiger partial charge in [-0.1, -0.05) is 41.4 Å². The smallest absolute Gasteiger partial charge is 0.368 e. The highest BCUT2D eigenvalue weighted by molar-refractivity contribution is 6.31. The molecule has 4 nitrogen and oxygen atoms in total. The molecule has 0 aliphatic carbocycles. The molecule has 146 valence electrons. The predicted octanol–water partition coefficient (Wildman–Crippen LogP) is 5.58. The molecule has 1 heterocycles. The van der Waals surface area contributed by atoms with Gasteiger partial charge in [-0.15, -0.1) is 0 Å². The number of hydrogen-bond acceptors (Lipinski definition) is 4. The first-order valence-electron chi connectivity index (χ1n) is 8.18. The number of nitrogens with one attached hydrogen (secondary N) is 1. The number of anilines is 1. The lowest BCUT2D eigenvalue weighted by Gasteiger charge is -2.14. The van der Waals surface area contributed by atoms with Crippen LogP contribution in [0, 0.1) is 0 Å². The third kappa shape index (κ3) is 4.92. The molecule has 0 aliphatic rings. The molecular weight excluding hydrogens is 412 g/mol. The number of hydrogen-bond donors (Lipinski definition) is 2. The van der Waals surface area contributed by atoms with Crippen LogP contribution in [0.15, 0.2) is 54.9 Å². The second-order valence-electron chi connectivity index (χ2n) is 6.02. The average molecular weight is 427 g/mol. The summed E-state index contributed by atoms with van der Waals surface area (Å²) in [7, 11) is 0. The van der Waals surface area contributed by atoms with Gasteiger partial charge in [0.1, 0.15) is 12.1 Å². The first-order valence-corrected chi connectivity index (χ1v) is 8.94. The van der Waals surface area contributed by atoms with E-state index in [-0.39, 0.29) is 11.1 Å². The van der Waals surface area contributed by atoms with E-state index in [2.05, 4.69) is 15.3 Å². The normalized spacial score (nSPS) is 12.6. The zero-order valence-electron chi connectivity index (χ0n) is 14.3. The third-order valence-electron chi connectivity index (χ3n) is 4.04. The molecule has 1 atom stereocenters. The van der Waals surface area contributed by atoms with Gasteiger partial charge in [-0.3, -0.25) is 0 Å². The van der Waals surface area contributed by atoms with Crippen molar-refractivity contribution < 1.29 is 13.2 Å². The van der Waals surface area contributed by atoms with E-state index in [1.54, 1.807) is 18.2 Å². The fourth-order valence-corrected chi connectivity index (χ4v) is 2.97. The largest absolute Gasteiger partial charge is 0.417 e. The molecule has 0 spiro atoms. The molecule has 0 radical (unpaired) electrons. The van der Waals surface area contributed by atoms with E-state index < -0.39 is 11.7 Å². The van der Waals surface area contributed by atoms with E-state index >= 15 is 0 Å². The van der Waals surface area contributed by atoms with Crippen LogP contribution < -0.4 is 11.1 Å². The van der Waals surface area contributed by atoms with Crippen molar-refractivity contribution >= 4 is 29.0 Å². The summed E-state index contributed by atoms with van der Waals surface area (Å²) in [5.74, 6) is 0.491. The zero-order valence-corrected chi connectivity index (χ0v) is 15.9. The number of rotatable bonds is 5. The number of benzene rings is 2. The lowest BCUT2D eigenvalue weighted by Crippen LogP contribution is -2.21. The van der Waals surface area contributed by atoms with E-state index in [0.29, 0.717) is 28.6 Å². The van der Waals surface area contributed by atoms with Crippen LogP contribution in [0.25, 0.3) is 11.3 Å². The molecule has 0 aliphatic heterocycles. The summed E-state index contributed by atoms with van der Waals surface area (Å²) in [5, 5.41) is 3.33. The summed E-state index contributed by atoms with van der Waals surface area (Å²) in [5.41, 5.74) is 7.05. The molecule has 0 saturated heterocycles. The molecule has 0 saturated carbocycles. The standard InChI is InChI=1S/C19H15Cl2F3N4/c20-13-4-1-11(2-5-13)16(25)9-26-18-8-17(27-10-28-18)12-3-6-14(15(21)7-12)19(22,23)24/h1-8,10,16H,9,25H2,(H,26,27,28). The lowest BCUT2D eigenvalue weighted by molar-refractivity contribution is -0.137. The van der Waals surface area contributed by atoms with E-state index in [1.807, 2.05) is 12.1 Å². The van der Waals surface area contributed by atoms with Crippen LogP contribution in [0.1, 0.15) is 17.2 Å². The summed E-state index contributed by atoms with van der Waals surface area (Å²) in [6, 6.07) is 12.0. The van der Waals surface area contributed by atoms with Crippen molar-refractivity contribution in [3.8, 4) is 11.3 Å². The molecule has 0 bridgehead atoms. The Kier molecular flexibility index (Phi) is 6.07. The molecule has 3 N–H and O–H groups in total. The van der Waals surface area contributed by atoms with E-state index in [4.69, 9.17) is 28.9 Å². The molecule has 3 rings (SSSR count). The Hall–Kier alpha value is -2.35. The predicted molar refractivity (Wildman–Crippen MR) is 104 cm³/mol.